The summed E-state index contributed by atoms with van der Waals surface area (Å²) in [5.74, 6) is -1.01. The molecular weight excluding hydrogens is 539 g/mol. The summed E-state index contributed by atoms with van der Waals surface area (Å²) in [4.78, 5) is 13.3. The Morgan fingerprint density at radius 1 is 1.21 bits per heavy atom. The van der Waals surface area contributed by atoms with E-state index in [2.05, 4.69) is 10.6 Å². The van der Waals surface area contributed by atoms with Gasteiger partial charge in [-0.2, -0.15) is 4.31 Å². The van der Waals surface area contributed by atoms with Crippen LogP contribution in [-0.4, -0.2) is 55.1 Å². The molecule has 2 aliphatic rings. The maximum Gasteiger partial charge on any atom is 0.241 e. The molecule has 0 aromatic heterocycles. The Morgan fingerprint density at radius 3 is 2.59 bits per heavy atom. The Labute approximate surface area is 236 Å². The van der Waals surface area contributed by atoms with Gasteiger partial charge in [0.05, 0.1) is 11.3 Å². The van der Waals surface area contributed by atoms with Crippen molar-refractivity contribution in [2.75, 3.05) is 18.4 Å². The molecule has 214 valence electrons. The molecule has 1 saturated carbocycles. The van der Waals surface area contributed by atoms with Gasteiger partial charge in [0.2, 0.25) is 15.9 Å². The molecule has 0 radical (unpaired) electrons. The molecule has 2 aromatic carbocycles. The van der Waals surface area contributed by atoms with Crippen LogP contribution in [-0.2, 0) is 21.2 Å². The SMILES string of the molecule is CC(C)[C@H](c1cccc(Cl)c1)[C@H](N)C(=O)Nc1cccc(F)c1CCC[C@H]1CNC[C@H](C)N1S(=O)(=O)C1CC1. The van der Waals surface area contributed by atoms with Crippen molar-refractivity contribution in [2.24, 2.45) is 11.7 Å². The lowest BCUT2D eigenvalue weighted by molar-refractivity contribution is -0.118. The molecule has 10 heteroatoms. The van der Waals surface area contributed by atoms with E-state index in [4.69, 9.17) is 17.3 Å². The number of amides is 1. The fraction of sp³-hybridized carbons (Fsp3) is 0.552. The van der Waals surface area contributed by atoms with Gasteiger partial charge in [0.15, 0.2) is 0 Å². The number of sulfonamides is 1. The highest BCUT2D eigenvalue weighted by molar-refractivity contribution is 7.90. The molecule has 4 rings (SSSR count). The second-order valence-electron chi connectivity index (χ2n) is 11.2. The summed E-state index contributed by atoms with van der Waals surface area (Å²) in [6.45, 7) is 7.13. The minimum Gasteiger partial charge on any atom is -0.324 e. The molecule has 0 bridgehead atoms. The monoisotopic (exact) mass is 578 g/mol. The van der Waals surface area contributed by atoms with Crippen LogP contribution in [0.3, 0.4) is 0 Å². The quantitative estimate of drug-likeness (QED) is 0.360. The Morgan fingerprint density at radius 2 is 1.92 bits per heavy atom. The second-order valence-corrected chi connectivity index (χ2v) is 13.8. The number of piperazine rings is 1. The third kappa shape index (κ3) is 7.00. The minimum absolute atomic E-state index is 0.0672. The first kappa shape index (κ1) is 29.9. The van der Waals surface area contributed by atoms with Gasteiger partial charge in [0.1, 0.15) is 5.82 Å². The summed E-state index contributed by atoms with van der Waals surface area (Å²) in [6, 6.07) is 10.8. The number of nitrogens with one attached hydrogen (secondary N) is 2. The number of rotatable bonds is 11. The lowest BCUT2D eigenvalue weighted by Crippen LogP contribution is -2.58. The van der Waals surface area contributed by atoms with Crippen LogP contribution in [0.2, 0.25) is 5.02 Å². The number of carbonyl (C=O) groups is 1. The van der Waals surface area contributed by atoms with Crippen LogP contribution in [0.4, 0.5) is 10.1 Å². The van der Waals surface area contributed by atoms with E-state index in [1.807, 2.05) is 39.0 Å². The molecule has 39 heavy (non-hydrogen) atoms. The molecule has 1 aliphatic carbocycles. The van der Waals surface area contributed by atoms with Crippen LogP contribution in [0.25, 0.3) is 0 Å². The molecule has 7 nitrogen and oxygen atoms in total. The van der Waals surface area contributed by atoms with Gasteiger partial charge in [0, 0.05) is 47.4 Å². The molecule has 1 saturated heterocycles. The predicted molar refractivity (Wildman–Crippen MR) is 155 cm³/mol. The smallest absolute Gasteiger partial charge is 0.241 e. The number of anilines is 1. The summed E-state index contributed by atoms with van der Waals surface area (Å²) >= 11 is 6.19. The van der Waals surface area contributed by atoms with Crippen molar-refractivity contribution >= 4 is 33.2 Å². The molecule has 0 spiro atoms. The van der Waals surface area contributed by atoms with Crippen LogP contribution < -0.4 is 16.4 Å². The number of halogens is 2. The van der Waals surface area contributed by atoms with Crippen LogP contribution in [0.5, 0.6) is 0 Å². The van der Waals surface area contributed by atoms with E-state index in [-0.39, 0.29) is 29.2 Å². The van der Waals surface area contributed by atoms with E-state index in [0.717, 1.165) is 18.4 Å². The highest BCUT2D eigenvalue weighted by atomic mass is 35.5. The van der Waals surface area contributed by atoms with Gasteiger partial charge in [-0.05, 0) is 74.8 Å². The zero-order valence-electron chi connectivity index (χ0n) is 22.9. The molecular formula is C29H40ClFN4O3S. The Balaban J connectivity index is 1.45. The number of hydrogen-bond acceptors (Lipinski definition) is 5. The number of hydrogen-bond donors (Lipinski definition) is 3. The average molecular weight is 579 g/mol. The lowest BCUT2D eigenvalue weighted by Gasteiger charge is -2.40. The lowest BCUT2D eigenvalue weighted by atomic mass is 9.82. The van der Waals surface area contributed by atoms with Crippen molar-refractivity contribution in [3.05, 3.63) is 64.4 Å². The number of benzene rings is 2. The van der Waals surface area contributed by atoms with Crippen molar-refractivity contribution in [3.8, 4) is 0 Å². The fourth-order valence-corrected chi connectivity index (χ4v) is 8.22. The number of carbonyl (C=O) groups excluding carboxylic acids is 1. The van der Waals surface area contributed by atoms with Crippen molar-refractivity contribution < 1.29 is 17.6 Å². The Kier molecular flexibility index (Phi) is 9.70. The maximum atomic E-state index is 15.0. The van der Waals surface area contributed by atoms with E-state index in [0.29, 0.717) is 48.6 Å². The van der Waals surface area contributed by atoms with Gasteiger partial charge in [-0.25, -0.2) is 12.8 Å². The maximum absolute atomic E-state index is 15.0. The van der Waals surface area contributed by atoms with E-state index in [1.165, 1.54) is 6.07 Å². The van der Waals surface area contributed by atoms with Gasteiger partial charge in [0.25, 0.3) is 0 Å². The molecule has 1 aliphatic heterocycles. The standard InChI is InChI=1S/C29H40ClFN4O3S/c1-18(2)27(20-7-4-8-21(30)15-20)28(32)29(36)34-26-12-6-11-25(31)24(26)10-5-9-22-17-33-16-19(3)35(22)39(37,38)23-13-14-23/h4,6-8,11-12,15,18-19,22-23,27-28,33H,5,9-10,13-14,16-17,32H2,1-3H3,(H,34,36)/t19-,22-,27+,28-/m0/s1. The zero-order chi connectivity index (χ0) is 28.3. The van der Waals surface area contributed by atoms with Gasteiger partial charge < -0.3 is 16.4 Å². The van der Waals surface area contributed by atoms with Crippen LogP contribution in [0, 0.1) is 11.7 Å². The minimum atomic E-state index is -3.32. The predicted octanol–water partition coefficient (Wildman–Crippen LogP) is 4.66. The summed E-state index contributed by atoms with van der Waals surface area (Å²) in [6.07, 6.45) is 2.97. The largest absolute Gasteiger partial charge is 0.324 e. The Hall–Kier alpha value is -2.04. The van der Waals surface area contributed by atoms with Gasteiger partial charge in [-0.1, -0.05) is 43.6 Å². The highest BCUT2D eigenvalue weighted by Gasteiger charge is 2.45. The molecule has 0 unspecified atom stereocenters. The van der Waals surface area contributed by atoms with Gasteiger partial charge in [-0.15, -0.1) is 0 Å². The summed E-state index contributed by atoms with van der Waals surface area (Å²) in [5.41, 5.74) is 8.12. The average Bonchev–Trinajstić information content (AvgIpc) is 3.72. The van der Waals surface area contributed by atoms with E-state index in [9.17, 15) is 17.6 Å². The first-order valence-electron chi connectivity index (χ1n) is 13.8. The summed E-state index contributed by atoms with van der Waals surface area (Å²) in [7, 11) is -3.32. The third-order valence-corrected chi connectivity index (χ3v) is 10.6. The number of nitrogens with zero attached hydrogens (tertiary/aromatic N) is 1. The van der Waals surface area contributed by atoms with Crippen molar-refractivity contribution in [2.45, 2.75) is 82.2 Å². The topological polar surface area (TPSA) is 105 Å². The molecule has 1 heterocycles. The first-order chi connectivity index (χ1) is 18.5. The zero-order valence-corrected chi connectivity index (χ0v) is 24.4. The highest BCUT2D eigenvalue weighted by Crippen LogP contribution is 2.35. The molecule has 1 amide bonds. The fourth-order valence-electron chi connectivity index (χ4n) is 5.77. The third-order valence-electron chi connectivity index (χ3n) is 7.84. The summed E-state index contributed by atoms with van der Waals surface area (Å²) < 4.78 is 42.9. The van der Waals surface area contributed by atoms with Crippen molar-refractivity contribution in [3.63, 3.8) is 0 Å². The van der Waals surface area contributed by atoms with Crippen molar-refractivity contribution in [1.82, 2.24) is 9.62 Å². The summed E-state index contributed by atoms with van der Waals surface area (Å²) in [5, 5.41) is 6.51. The van der Waals surface area contributed by atoms with E-state index in [1.54, 1.807) is 22.5 Å². The normalized spacial score (nSPS) is 22.0. The Bertz CT molecular complexity index is 1270. The molecule has 4 atom stereocenters. The van der Waals surface area contributed by atoms with Crippen LogP contribution in [0.15, 0.2) is 42.5 Å². The van der Waals surface area contributed by atoms with Gasteiger partial charge in [-0.3, -0.25) is 4.79 Å². The van der Waals surface area contributed by atoms with Crippen LogP contribution in [0.1, 0.15) is 63.5 Å². The van der Waals surface area contributed by atoms with E-state index >= 15 is 0 Å². The van der Waals surface area contributed by atoms with Crippen LogP contribution >= 0.6 is 11.6 Å². The number of nitrogens with two attached hydrogens (primary N) is 1. The second kappa shape index (κ2) is 12.6. The van der Waals surface area contributed by atoms with Crippen molar-refractivity contribution in [1.29, 1.82) is 0 Å². The first-order valence-corrected chi connectivity index (χ1v) is 15.7. The molecule has 2 fully saturated rings. The van der Waals surface area contributed by atoms with Gasteiger partial charge >= 0.3 is 0 Å². The molecule has 4 N–H and O–H groups in total. The van der Waals surface area contributed by atoms with E-state index < -0.39 is 27.8 Å². The molecule has 2 aromatic rings.